The first kappa shape index (κ1) is 22.4. The summed E-state index contributed by atoms with van der Waals surface area (Å²) in [7, 11) is 1.56. The van der Waals surface area contributed by atoms with Gasteiger partial charge in [0.15, 0.2) is 29.6 Å². The number of alkyl halides is 1. The van der Waals surface area contributed by atoms with Crippen LogP contribution in [0.4, 0.5) is 20.8 Å². The Hall–Kier alpha value is -3.76. The van der Waals surface area contributed by atoms with Gasteiger partial charge in [-0.05, 0) is 19.9 Å². The lowest BCUT2D eigenvalue weighted by Crippen LogP contribution is -2.36. The number of hydrogen-bond acceptors (Lipinski definition) is 9. The number of anilines is 2. The number of amides is 1. The van der Waals surface area contributed by atoms with Crippen molar-refractivity contribution in [3.63, 3.8) is 0 Å². The van der Waals surface area contributed by atoms with Gasteiger partial charge in [0.25, 0.3) is 0 Å². The molecule has 1 fully saturated rings. The van der Waals surface area contributed by atoms with Crippen molar-refractivity contribution in [2.75, 3.05) is 19.0 Å². The number of alkyl carbamates (subject to hydrolysis) is 1. The Bertz CT molecular complexity index is 1190. The lowest BCUT2D eigenvalue weighted by molar-refractivity contribution is 0.0615. The second-order valence-electron chi connectivity index (χ2n) is 7.76. The molecule has 3 N–H and O–H groups in total. The molecular formula is C20H23FN8O4. The number of H-pyrrole nitrogens is 1. The zero-order valence-corrected chi connectivity index (χ0v) is 18.2. The maximum absolute atomic E-state index is 14.9. The number of rotatable bonds is 7. The molecule has 0 spiro atoms. The third-order valence-electron chi connectivity index (χ3n) is 4.81. The Morgan fingerprint density at radius 3 is 3.03 bits per heavy atom. The van der Waals surface area contributed by atoms with Gasteiger partial charge in [0.1, 0.15) is 17.7 Å². The van der Waals surface area contributed by atoms with Crippen molar-refractivity contribution in [3.8, 4) is 6.07 Å². The van der Waals surface area contributed by atoms with E-state index in [2.05, 4.69) is 30.9 Å². The zero-order valence-electron chi connectivity index (χ0n) is 18.2. The van der Waals surface area contributed by atoms with Crippen LogP contribution in [0.1, 0.15) is 37.0 Å². The molecule has 1 amide bonds. The number of nitrogens with zero attached hydrogens (tertiary/aromatic N) is 5. The molecule has 1 saturated heterocycles. The molecule has 0 bridgehead atoms. The molecule has 0 aromatic carbocycles. The first-order chi connectivity index (χ1) is 15.9. The smallest absolute Gasteiger partial charge is 0.407 e. The van der Waals surface area contributed by atoms with Gasteiger partial charge < -0.3 is 24.8 Å². The monoisotopic (exact) mass is 458 g/mol. The van der Waals surface area contributed by atoms with E-state index < -0.39 is 24.5 Å². The largest absolute Gasteiger partial charge is 0.441 e. The number of methoxy groups -OCH3 is 1. The van der Waals surface area contributed by atoms with Gasteiger partial charge in [-0.1, -0.05) is 0 Å². The van der Waals surface area contributed by atoms with Crippen LogP contribution in [0, 0.1) is 11.3 Å². The van der Waals surface area contributed by atoms with Crippen molar-refractivity contribution in [2.24, 2.45) is 0 Å². The Labute approximate surface area is 188 Å². The molecule has 0 unspecified atom stereocenters. The number of hydrogen-bond donors (Lipinski definition) is 3. The highest BCUT2D eigenvalue weighted by molar-refractivity contribution is 5.73. The van der Waals surface area contributed by atoms with E-state index in [0.717, 1.165) is 0 Å². The van der Waals surface area contributed by atoms with Gasteiger partial charge in [-0.3, -0.25) is 5.10 Å². The first-order valence-corrected chi connectivity index (χ1v) is 10.2. The van der Waals surface area contributed by atoms with E-state index in [0.29, 0.717) is 35.1 Å². The number of aromatic nitrogens is 5. The predicted molar refractivity (Wildman–Crippen MR) is 112 cm³/mol. The fourth-order valence-corrected chi connectivity index (χ4v) is 3.42. The summed E-state index contributed by atoms with van der Waals surface area (Å²) in [4.78, 5) is 16.1. The van der Waals surface area contributed by atoms with Crippen molar-refractivity contribution in [2.45, 2.75) is 44.9 Å². The van der Waals surface area contributed by atoms with Gasteiger partial charge in [0.2, 0.25) is 0 Å². The van der Waals surface area contributed by atoms with Crippen LogP contribution < -0.4 is 10.6 Å². The van der Waals surface area contributed by atoms with Crippen LogP contribution in [0.5, 0.6) is 0 Å². The number of nitriles is 1. The topological polar surface area (TPSA) is 151 Å². The molecule has 1 aliphatic heterocycles. The van der Waals surface area contributed by atoms with Crippen LogP contribution in [0.25, 0.3) is 5.52 Å². The Morgan fingerprint density at radius 2 is 2.30 bits per heavy atom. The highest BCUT2D eigenvalue weighted by Crippen LogP contribution is 2.33. The summed E-state index contributed by atoms with van der Waals surface area (Å²) in [6.45, 7) is 3.77. The highest BCUT2D eigenvalue weighted by Gasteiger charge is 2.42. The first-order valence-electron chi connectivity index (χ1n) is 10.2. The predicted octanol–water partition coefficient (Wildman–Crippen LogP) is 2.13. The summed E-state index contributed by atoms with van der Waals surface area (Å²) in [6, 6.07) is 5.20. The van der Waals surface area contributed by atoms with E-state index in [9.17, 15) is 14.4 Å². The SMILES string of the molecule is COCc1cc2c(Nc3cc([C@H]4OC[C@@H](OC(=O)NC(C)C)[C@H]4F)[nH]n3)nc(C#N)cn2n1. The maximum atomic E-state index is 14.9. The fourth-order valence-electron chi connectivity index (χ4n) is 3.42. The van der Waals surface area contributed by atoms with Crippen molar-refractivity contribution >= 4 is 23.2 Å². The number of carbonyl (C=O) groups is 1. The van der Waals surface area contributed by atoms with Gasteiger partial charge in [0.05, 0.1) is 30.8 Å². The highest BCUT2D eigenvalue weighted by atomic mass is 19.1. The molecule has 33 heavy (non-hydrogen) atoms. The van der Waals surface area contributed by atoms with Crippen molar-refractivity contribution < 1.29 is 23.4 Å². The van der Waals surface area contributed by atoms with E-state index in [1.54, 1.807) is 33.1 Å². The lowest BCUT2D eigenvalue weighted by Gasteiger charge is -2.16. The molecule has 0 saturated carbocycles. The maximum Gasteiger partial charge on any atom is 0.407 e. The van der Waals surface area contributed by atoms with Crippen LogP contribution in [-0.4, -0.2) is 62.9 Å². The summed E-state index contributed by atoms with van der Waals surface area (Å²) in [5, 5.41) is 26.1. The summed E-state index contributed by atoms with van der Waals surface area (Å²) in [5.41, 5.74) is 1.78. The van der Waals surface area contributed by atoms with Crippen LogP contribution >= 0.6 is 0 Å². The molecule has 3 aromatic rings. The fraction of sp³-hybridized carbons (Fsp3) is 0.450. The van der Waals surface area contributed by atoms with Crippen LogP contribution in [0.15, 0.2) is 18.3 Å². The van der Waals surface area contributed by atoms with Crippen LogP contribution in [-0.2, 0) is 20.8 Å². The molecule has 3 atom stereocenters. The number of nitrogens with one attached hydrogen (secondary N) is 3. The van der Waals surface area contributed by atoms with Gasteiger partial charge in [0, 0.05) is 19.2 Å². The lowest BCUT2D eigenvalue weighted by atomic mass is 10.1. The minimum absolute atomic E-state index is 0.0797. The molecule has 0 radical (unpaired) electrons. The summed E-state index contributed by atoms with van der Waals surface area (Å²) < 4.78 is 32.1. The minimum atomic E-state index is -1.57. The molecule has 12 nitrogen and oxygen atoms in total. The summed E-state index contributed by atoms with van der Waals surface area (Å²) >= 11 is 0. The molecule has 1 aliphatic rings. The second-order valence-corrected chi connectivity index (χ2v) is 7.76. The van der Waals surface area contributed by atoms with Crippen molar-refractivity contribution in [1.82, 2.24) is 30.1 Å². The van der Waals surface area contributed by atoms with Crippen LogP contribution in [0.3, 0.4) is 0 Å². The van der Waals surface area contributed by atoms with E-state index in [1.807, 2.05) is 6.07 Å². The standard InChI is InChI=1S/C20H23FN8O4/c1-10(2)23-20(30)33-15-9-32-18(17(15)21)13-5-16(27-26-13)25-19-14-4-11(8-31-3)28-29(14)7-12(6-22)24-19/h4-5,7,10,15,17-18H,8-9H2,1-3H3,(H,23,30)(H2,24,25,26,27)/t15-,17-,18-/m1/s1. The van der Waals surface area contributed by atoms with Gasteiger partial charge in [-0.15, -0.1) is 0 Å². The minimum Gasteiger partial charge on any atom is -0.441 e. The van der Waals surface area contributed by atoms with Gasteiger partial charge in [-0.2, -0.15) is 15.5 Å². The van der Waals surface area contributed by atoms with Gasteiger partial charge >= 0.3 is 6.09 Å². The number of carbonyl (C=O) groups excluding carboxylic acids is 1. The van der Waals surface area contributed by atoms with E-state index in [-0.39, 0.29) is 18.3 Å². The average Bonchev–Trinajstić information content (AvgIpc) is 3.47. The third-order valence-corrected chi connectivity index (χ3v) is 4.81. The van der Waals surface area contributed by atoms with Crippen LogP contribution in [0.2, 0.25) is 0 Å². The number of fused-ring (bicyclic) bond motifs is 1. The summed E-state index contributed by atoms with van der Waals surface area (Å²) in [5.74, 6) is 0.680. The zero-order chi connectivity index (χ0) is 23.5. The van der Waals surface area contributed by atoms with Crippen molar-refractivity contribution in [3.05, 3.63) is 35.4 Å². The summed E-state index contributed by atoms with van der Waals surface area (Å²) in [6.07, 6.45) is -2.78. The third kappa shape index (κ3) is 4.86. The van der Waals surface area contributed by atoms with E-state index in [1.165, 1.54) is 10.7 Å². The quantitative estimate of drug-likeness (QED) is 0.483. The van der Waals surface area contributed by atoms with Crippen molar-refractivity contribution in [1.29, 1.82) is 5.26 Å². The second kappa shape index (κ2) is 9.39. The molecule has 4 rings (SSSR count). The molecule has 13 heteroatoms. The molecular weight excluding hydrogens is 435 g/mol. The number of aromatic amines is 1. The normalized spacial score (nSPS) is 20.2. The number of ether oxygens (including phenoxy) is 3. The molecule has 4 heterocycles. The Kier molecular flexibility index (Phi) is 6.38. The average molecular weight is 458 g/mol. The Morgan fingerprint density at radius 1 is 1.48 bits per heavy atom. The molecule has 0 aliphatic carbocycles. The van der Waals surface area contributed by atoms with E-state index in [4.69, 9.17) is 14.2 Å². The molecule has 3 aromatic heterocycles. The molecule has 174 valence electrons. The Balaban J connectivity index is 1.50. The van der Waals surface area contributed by atoms with Gasteiger partial charge in [-0.25, -0.2) is 18.7 Å². The van der Waals surface area contributed by atoms with E-state index >= 15 is 0 Å². The number of halogens is 1.